The smallest absolute Gasteiger partial charge is 0.123 e. The Morgan fingerprint density at radius 3 is 2.86 bits per heavy atom. The summed E-state index contributed by atoms with van der Waals surface area (Å²) in [6.45, 7) is 6.00. The molecule has 0 amide bonds. The third-order valence-electron chi connectivity index (χ3n) is 3.55. The van der Waals surface area contributed by atoms with E-state index < -0.39 is 0 Å². The summed E-state index contributed by atoms with van der Waals surface area (Å²) in [5, 5.41) is 4.21. The summed E-state index contributed by atoms with van der Waals surface area (Å²) < 4.78 is 7.63. The fraction of sp³-hybridized carbons (Fsp3) is 0.438. The predicted octanol–water partition coefficient (Wildman–Crippen LogP) is 3.46. The molecule has 1 aromatic heterocycles. The van der Waals surface area contributed by atoms with Crippen molar-refractivity contribution >= 4 is 11.6 Å². The zero-order valence-corrected chi connectivity index (χ0v) is 13.5. The van der Waals surface area contributed by atoms with Crippen LogP contribution >= 0.6 is 11.6 Å². The molecular formula is C16H22ClN3O. The first-order valence-electron chi connectivity index (χ1n) is 7.26. The Morgan fingerprint density at radius 2 is 2.19 bits per heavy atom. The summed E-state index contributed by atoms with van der Waals surface area (Å²) in [6, 6.07) is 5.84. The number of imidazole rings is 1. The molecule has 1 aromatic carbocycles. The van der Waals surface area contributed by atoms with Gasteiger partial charge in [-0.05, 0) is 31.7 Å². The van der Waals surface area contributed by atoms with E-state index in [1.54, 1.807) is 7.11 Å². The van der Waals surface area contributed by atoms with Crippen molar-refractivity contribution in [1.82, 2.24) is 14.9 Å². The van der Waals surface area contributed by atoms with Crippen LogP contribution < -0.4 is 10.1 Å². The molecule has 0 aliphatic rings. The maximum atomic E-state index is 6.15. The monoisotopic (exact) mass is 307 g/mol. The largest absolute Gasteiger partial charge is 0.496 e. The van der Waals surface area contributed by atoms with Gasteiger partial charge in [-0.3, -0.25) is 0 Å². The molecule has 2 rings (SSSR count). The van der Waals surface area contributed by atoms with Crippen molar-refractivity contribution in [1.29, 1.82) is 0 Å². The van der Waals surface area contributed by atoms with Crippen LogP contribution in [0, 0.1) is 0 Å². The molecule has 5 heteroatoms. The molecule has 1 N–H and O–H groups in total. The van der Waals surface area contributed by atoms with E-state index in [1.807, 2.05) is 30.6 Å². The van der Waals surface area contributed by atoms with Crippen molar-refractivity contribution in [2.45, 2.75) is 32.9 Å². The van der Waals surface area contributed by atoms with E-state index in [-0.39, 0.29) is 6.04 Å². The van der Waals surface area contributed by atoms with Gasteiger partial charge in [-0.2, -0.15) is 0 Å². The molecule has 1 atom stereocenters. The van der Waals surface area contributed by atoms with E-state index >= 15 is 0 Å². The lowest BCUT2D eigenvalue weighted by Crippen LogP contribution is -2.24. The Kier molecular flexibility index (Phi) is 5.65. The summed E-state index contributed by atoms with van der Waals surface area (Å²) in [4.78, 5) is 4.46. The molecule has 4 nitrogen and oxygen atoms in total. The molecule has 0 aliphatic carbocycles. The van der Waals surface area contributed by atoms with Gasteiger partial charge in [0.1, 0.15) is 11.6 Å². The van der Waals surface area contributed by atoms with Crippen molar-refractivity contribution in [2.24, 2.45) is 0 Å². The molecule has 0 aliphatic heterocycles. The Labute approximate surface area is 131 Å². The second-order valence-electron chi connectivity index (χ2n) is 4.83. The first-order valence-corrected chi connectivity index (χ1v) is 7.64. The molecule has 1 unspecified atom stereocenters. The predicted molar refractivity (Wildman–Crippen MR) is 86.0 cm³/mol. The lowest BCUT2D eigenvalue weighted by molar-refractivity contribution is 0.397. The topological polar surface area (TPSA) is 39.1 Å². The highest BCUT2D eigenvalue weighted by Crippen LogP contribution is 2.30. The summed E-state index contributed by atoms with van der Waals surface area (Å²) >= 11 is 6.15. The maximum Gasteiger partial charge on any atom is 0.123 e. The van der Waals surface area contributed by atoms with Crippen LogP contribution in [-0.4, -0.2) is 23.2 Å². The summed E-state index contributed by atoms with van der Waals surface area (Å²) in [5.41, 5.74) is 1.07. The van der Waals surface area contributed by atoms with Crippen molar-refractivity contribution in [3.63, 3.8) is 0 Å². The fourth-order valence-electron chi connectivity index (χ4n) is 2.52. The number of nitrogens with one attached hydrogen (secondary N) is 1. The SMILES string of the molecule is CCNC(Cc1nccn1CC)c1cc(Cl)ccc1OC. The average molecular weight is 308 g/mol. The Hall–Kier alpha value is -1.52. The molecule has 0 bridgehead atoms. The minimum absolute atomic E-state index is 0.122. The summed E-state index contributed by atoms with van der Waals surface area (Å²) in [5.74, 6) is 1.91. The molecule has 0 spiro atoms. The Bertz CT molecular complexity index is 583. The Balaban J connectivity index is 2.32. The van der Waals surface area contributed by atoms with Gasteiger partial charge in [0.15, 0.2) is 0 Å². The van der Waals surface area contributed by atoms with Crippen LogP contribution in [0.2, 0.25) is 5.02 Å². The normalized spacial score (nSPS) is 12.4. The fourth-order valence-corrected chi connectivity index (χ4v) is 2.70. The van der Waals surface area contributed by atoms with Gasteiger partial charge in [0.2, 0.25) is 0 Å². The number of ether oxygens (including phenoxy) is 1. The van der Waals surface area contributed by atoms with Gasteiger partial charge in [-0.15, -0.1) is 0 Å². The quantitative estimate of drug-likeness (QED) is 0.851. The number of methoxy groups -OCH3 is 1. The minimum Gasteiger partial charge on any atom is -0.496 e. The third kappa shape index (κ3) is 3.77. The molecule has 0 radical (unpaired) electrons. The first kappa shape index (κ1) is 15.9. The maximum absolute atomic E-state index is 6.15. The number of nitrogens with zero attached hydrogens (tertiary/aromatic N) is 2. The van der Waals surface area contributed by atoms with Gasteiger partial charge in [-0.1, -0.05) is 18.5 Å². The van der Waals surface area contributed by atoms with Gasteiger partial charge in [-0.25, -0.2) is 4.98 Å². The van der Waals surface area contributed by atoms with E-state index in [0.29, 0.717) is 5.02 Å². The molecule has 0 saturated heterocycles. The Morgan fingerprint density at radius 1 is 1.38 bits per heavy atom. The van der Waals surface area contributed by atoms with E-state index in [2.05, 4.69) is 28.7 Å². The zero-order chi connectivity index (χ0) is 15.2. The van der Waals surface area contributed by atoms with Crippen molar-refractivity contribution < 1.29 is 4.74 Å². The number of likely N-dealkylation sites (N-methyl/N-ethyl adjacent to an activating group) is 1. The van der Waals surface area contributed by atoms with Crippen LogP contribution in [-0.2, 0) is 13.0 Å². The van der Waals surface area contributed by atoms with Crippen LogP contribution in [0.25, 0.3) is 0 Å². The molecule has 0 saturated carbocycles. The van der Waals surface area contributed by atoms with Gasteiger partial charge >= 0.3 is 0 Å². The molecule has 2 aromatic rings. The zero-order valence-electron chi connectivity index (χ0n) is 12.8. The van der Waals surface area contributed by atoms with Gasteiger partial charge < -0.3 is 14.6 Å². The standard InChI is InChI=1S/C16H22ClN3O/c1-4-18-14(11-16-19-8-9-20(16)5-2)13-10-12(17)6-7-15(13)21-3/h6-10,14,18H,4-5,11H2,1-3H3. The number of aromatic nitrogens is 2. The third-order valence-corrected chi connectivity index (χ3v) is 3.78. The van der Waals surface area contributed by atoms with Crippen LogP contribution in [0.5, 0.6) is 5.75 Å². The van der Waals surface area contributed by atoms with Gasteiger partial charge in [0.05, 0.1) is 7.11 Å². The van der Waals surface area contributed by atoms with Crippen LogP contribution in [0.15, 0.2) is 30.6 Å². The molecule has 21 heavy (non-hydrogen) atoms. The van der Waals surface area contributed by atoms with E-state index in [4.69, 9.17) is 16.3 Å². The number of halogens is 1. The second kappa shape index (κ2) is 7.48. The first-order chi connectivity index (χ1) is 10.2. The van der Waals surface area contributed by atoms with Gasteiger partial charge in [0, 0.05) is 42.0 Å². The number of benzene rings is 1. The lowest BCUT2D eigenvalue weighted by atomic mass is 10.0. The molecule has 1 heterocycles. The number of hydrogen-bond donors (Lipinski definition) is 1. The van der Waals surface area contributed by atoms with Crippen LogP contribution in [0.1, 0.15) is 31.3 Å². The number of rotatable bonds is 7. The van der Waals surface area contributed by atoms with Crippen LogP contribution in [0.4, 0.5) is 0 Å². The van der Waals surface area contributed by atoms with E-state index in [1.165, 1.54) is 0 Å². The van der Waals surface area contributed by atoms with Crippen molar-refractivity contribution in [3.05, 3.63) is 47.0 Å². The second-order valence-corrected chi connectivity index (χ2v) is 5.27. The van der Waals surface area contributed by atoms with Crippen LogP contribution in [0.3, 0.4) is 0 Å². The van der Waals surface area contributed by atoms with E-state index in [0.717, 1.165) is 36.6 Å². The highest BCUT2D eigenvalue weighted by molar-refractivity contribution is 6.30. The minimum atomic E-state index is 0.122. The highest BCUT2D eigenvalue weighted by Gasteiger charge is 2.18. The summed E-state index contributed by atoms with van der Waals surface area (Å²) in [7, 11) is 1.68. The lowest BCUT2D eigenvalue weighted by Gasteiger charge is -2.21. The van der Waals surface area contributed by atoms with Crippen molar-refractivity contribution in [2.75, 3.05) is 13.7 Å². The molecular weight excluding hydrogens is 286 g/mol. The van der Waals surface area contributed by atoms with Gasteiger partial charge in [0.25, 0.3) is 0 Å². The number of hydrogen-bond acceptors (Lipinski definition) is 3. The molecule has 0 fully saturated rings. The summed E-state index contributed by atoms with van der Waals surface area (Å²) in [6.07, 6.45) is 4.65. The van der Waals surface area contributed by atoms with Crippen molar-refractivity contribution in [3.8, 4) is 5.75 Å². The average Bonchev–Trinajstić information content (AvgIpc) is 2.94. The van der Waals surface area contributed by atoms with E-state index in [9.17, 15) is 0 Å². The molecule has 114 valence electrons. The highest BCUT2D eigenvalue weighted by atomic mass is 35.5. The number of aryl methyl sites for hydroxylation is 1.